The normalized spacial score (nSPS) is 14.0. The second-order valence-corrected chi connectivity index (χ2v) is 6.50. The summed E-state index contributed by atoms with van der Waals surface area (Å²) in [5, 5.41) is 12.7. The number of hydrogen-bond acceptors (Lipinski definition) is 6. The van der Waals surface area contributed by atoms with Crippen LogP contribution in [-0.2, 0) is 9.59 Å². The van der Waals surface area contributed by atoms with E-state index < -0.39 is 29.5 Å². The minimum atomic E-state index is -1.33. The first-order valence-electron chi connectivity index (χ1n) is 8.56. The number of rotatable bonds is 5. The zero-order valence-electron chi connectivity index (χ0n) is 15.6. The number of azo groups is 1. The molecule has 1 unspecified atom stereocenters. The van der Waals surface area contributed by atoms with Gasteiger partial charge < -0.3 is 5.32 Å². The van der Waals surface area contributed by atoms with E-state index in [0.29, 0.717) is 5.69 Å². The number of carbonyl (C=O) groups is 4. The number of benzene rings is 2. The molecule has 8 nitrogen and oxygen atoms in total. The van der Waals surface area contributed by atoms with Crippen molar-refractivity contribution in [2.75, 3.05) is 5.32 Å². The van der Waals surface area contributed by atoms with Crippen molar-refractivity contribution in [2.24, 2.45) is 10.2 Å². The quantitative estimate of drug-likeness (QED) is 0.472. The van der Waals surface area contributed by atoms with E-state index in [-0.39, 0.29) is 16.8 Å². The number of hydrogen-bond donors (Lipinski definition) is 2. The molecular weight excluding hydrogens is 360 g/mol. The number of para-hydroxylation sites is 1. The van der Waals surface area contributed by atoms with Gasteiger partial charge in [-0.3, -0.25) is 24.5 Å². The largest absolute Gasteiger partial charge is 0.323 e. The van der Waals surface area contributed by atoms with Gasteiger partial charge in [0.05, 0.1) is 16.8 Å². The van der Waals surface area contributed by atoms with E-state index in [4.69, 9.17) is 0 Å². The Bertz CT molecular complexity index is 1020. The molecule has 142 valence electrons. The van der Waals surface area contributed by atoms with Crippen molar-refractivity contribution >= 4 is 34.9 Å². The fourth-order valence-corrected chi connectivity index (χ4v) is 2.86. The van der Waals surface area contributed by atoms with Gasteiger partial charge in [-0.1, -0.05) is 18.2 Å². The van der Waals surface area contributed by atoms with E-state index in [9.17, 15) is 19.2 Å². The van der Waals surface area contributed by atoms with Gasteiger partial charge >= 0.3 is 0 Å². The van der Waals surface area contributed by atoms with Crippen LogP contribution in [0.2, 0.25) is 0 Å². The molecule has 1 atom stereocenters. The molecule has 0 saturated carbocycles. The summed E-state index contributed by atoms with van der Waals surface area (Å²) in [6, 6.07) is 8.57. The van der Waals surface area contributed by atoms with Crippen LogP contribution >= 0.6 is 0 Å². The highest BCUT2D eigenvalue weighted by molar-refractivity contribution is 6.21. The van der Waals surface area contributed by atoms with E-state index in [1.807, 2.05) is 32.0 Å². The van der Waals surface area contributed by atoms with Crippen molar-refractivity contribution in [1.82, 2.24) is 5.32 Å². The average molecular weight is 378 g/mol. The van der Waals surface area contributed by atoms with Gasteiger partial charge in [-0.15, -0.1) is 0 Å². The number of nitrogens with one attached hydrogen (secondary N) is 2. The monoisotopic (exact) mass is 378 g/mol. The van der Waals surface area contributed by atoms with Crippen LogP contribution in [0.15, 0.2) is 46.6 Å². The zero-order chi connectivity index (χ0) is 20.4. The molecule has 2 aromatic carbocycles. The summed E-state index contributed by atoms with van der Waals surface area (Å²) >= 11 is 0. The number of anilines is 1. The fraction of sp³-hybridized carbons (Fsp3) is 0.200. The third-order valence-corrected chi connectivity index (χ3v) is 4.37. The van der Waals surface area contributed by atoms with Crippen molar-refractivity contribution < 1.29 is 19.2 Å². The number of Topliss-reactive ketones (excluding diaryl/α,β-unsaturated/α-hetero) is 1. The molecule has 3 amide bonds. The molecule has 0 saturated heterocycles. The van der Waals surface area contributed by atoms with Crippen molar-refractivity contribution in [3.8, 4) is 0 Å². The molecule has 2 aromatic rings. The first-order valence-corrected chi connectivity index (χ1v) is 8.56. The van der Waals surface area contributed by atoms with E-state index in [1.54, 1.807) is 0 Å². The van der Waals surface area contributed by atoms with Gasteiger partial charge in [0.15, 0.2) is 5.78 Å². The number of imide groups is 1. The first kappa shape index (κ1) is 19.1. The molecule has 0 radical (unpaired) electrons. The molecule has 1 aliphatic heterocycles. The van der Waals surface area contributed by atoms with Gasteiger partial charge in [0.1, 0.15) is 0 Å². The molecule has 2 N–H and O–H groups in total. The van der Waals surface area contributed by atoms with Crippen LogP contribution in [0, 0.1) is 13.8 Å². The molecule has 1 aliphatic rings. The summed E-state index contributed by atoms with van der Waals surface area (Å²) in [4.78, 5) is 47.8. The van der Waals surface area contributed by atoms with Crippen LogP contribution < -0.4 is 10.6 Å². The lowest BCUT2D eigenvalue weighted by Gasteiger charge is -2.13. The lowest BCUT2D eigenvalue weighted by Crippen LogP contribution is -2.32. The van der Waals surface area contributed by atoms with Crippen molar-refractivity contribution in [3.05, 3.63) is 58.7 Å². The standard InChI is InChI=1S/C20H18N4O4/c1-10-5-4-6-11(2)16(10)21-20(28)17(12(3)25)24-23-13-7-8-14-15(9-13)19(27)22-18(14)26/h4-9,17H,1-3H3,(H,21,28)(H,22,26,27). The molecule has 3 rings (SSSR count). The number of ketones is 1. The van der Waals surface area contributed by atoms with E-state index in [2.05, 4.69) is 20.9 Å². The van der Waals surface area contributed by atoms with Gasteiger partial charge in [-0.05, 0) is 50.1 Å². The third-order valence-electron chi connectivity index (χ3n) is 4.37. The van der Waals surface area contributed by atoms with Gasteiger partial charge in [0.25, 0.3) is 17.7 Å². The summed E-state index contributed by atoms with van der Waals surface area (Å²) in [5.74, 6) is -2.06. The Labute approximate surface area is 161 Å². The maximum absolute atomic E-state index is 12.6. The highest BCUT2D eigenvalue weighted by Crippen LogP contribution is 2.23. The average Bonchev–Trinajstić information content (AvgIpc) is 2.92. The third kappa shape index (κ3) is 3.71. The summed E-state index contributed by atoms with van der Waals surface area (Å²) in [7, 11) is 0. The molecule has 8 heteroatoms. The number of fused-ring (bicyclic) bond motifs is 1. The molecular formula is C20H18N4O4. The number of amides is 3. The minimum absolute atomic E-state index is 0.181. The lowest BCUT2D eigenvalue weighted by molar-refractivity contribution is -0.126. The Morgan fingerprint density at radius 3 is 2.29 bits per heavy atom. The molecule has 0 bridgehead atoms. The van der Waals surface area contributed by atoms with Crippen LogP contribution in [0.4, 0.5) is 11.4 Å². The number of carbonyl (C=O) groups excluding carboxylic acids is 4. The summed E-state index contributed by atoms with van der Waals surface area (Å²) in [6.07, 6.45) is 0. The predicted octanol–water partition coefficient (Wildman–Crippen LogP) is 2.87. The number of aryl methyl sites for hydroxylation is 2. The van der Waals surface area contributed by atoms with Crippen molar-refractivity contribution in [2.45, 2.75) is 26.8 Å². The second kappa shape index (κ2) is 7.51. The number of nitrogens with zero attached hydrogens (tertiary/aromatic N) is 2. The maximum atomic E-state index is 12.6. The van der Waals surface area contributed by atoms with Crippen LogP contribution in [0.5, 0.6) is 0 Å². The summed E-state index contributed by atoms with van der Waals surface area (Å²) in [5.41, 5.74) is 3.04. The van der Waals surface area contributed by atoms with Gasteiger partial charge in [-0.2, -0.15) is 10.2 Å². The summed E-state index contributed by atoms with van der Waals surface area (Å²) < 4.78 is 0. The van der Waals surface area contributed by atoms with Crippen LogP contribution in [-0.4, -0.2) is 29.5 Å². The first-order chi connectivity index (χ1) is 13.3. The van der Waals surface area contributed by atoms with Crippen LogP contribution in [0.3, 0.4) is 0 Å². The second-order valence-electron chi connectivity index (χ2n) is 6.50. The van der Waals surface area contributed by atoms with E-state index in [1.165, 1.54) is 25.1 Å². The van der Waals surface area contributed by atoms with Crippen molar-refractivity contribution in [3.63, 3.8) is 0 Å². The molecule has 0 fully saturated rings. The molecule has 0 aliphatic carbocycles. The molecule has 28 heavy (non-hydrogen) atoms. The van der Waals surface area contributed by atoms with Gasteiger partial charge in [0, 0.05) is 5.69 Å². The Morgan fingerprint density at radius 1 is 1.00 bits per heavy atom. The zero-order valence-corrected chi connectivity index (χ0v) is 15.6. The summed E-state index contributed by atoms with van der Waals surface area (Å²) in [6.45, 7) is 4.95. The van der Waals surface area contributed by atoms with Crippen LogP contribution in [0.1, 0.15) is 38.8 Å². The fourth-order valence-electron chi connectivity index (χ4n) is 2.86. The molecule has 0 aromatic heterocycles. The molecule has 1 heterocycles. The minimum Gasteiger partial charge on any atom is -0.323 e. The molecule has 0 spiro atoms. The predicted molar refractivity (Wildman–Crippen MR) is 102 cm³/mol. The highest BCUT2D eigenvalue weighted by atomic mass is 16.2. The van der Waals surface area contributed by atoms with Gasteiger partial charge in [0.2, 0.25) is 6.04 Å². The lowest BCUT2D eigenvalue weighted by atomic mass is 10.1. The van der Waals surface area contributed by atoms with E-state index in [0.717, 1.165) is 11.1 Å². The van der Waals surface area contributed by atoms with Crippen LogP contribution in [0.25, 0.3) is 0 Å². The maximum Gasteiger partial charge on any atom is 0.259 e. The van der Waals surface area contributed by atoms with Crippen molar-refractivity contribution in [1.29, 1.82) is 0 Å². The highest BCUT2D eigenvalue weighted by Gasteiger charge is 2.27. The Kier molecular flexibility index (Phi) is 5.12. The van der Waals surface area contributed by atoms with Gasteiger partial charge in [-0.25, -0.2) is 0 Å². The SMILES string of the molecule is CC(=O)C(N=Nc1ccc2c(c1)C(=O)NC2=O)C(=O)Nc1c(C)cccc1C. The Hall–Kier alpha value is -3.68. The Balaban J connectivity index is 1.83. The Morgan fingerprint density at radius 2 is 1.64 bits per heavy atom. The topological polar surface area (TPSA) is 117 Å². The van der Waals surface area contributed by atoms with E-state index >= 15 is 0 Å². The smallest absolute Gasteiger partial charge is 0.259 e.